The van der Waals surface area contributed by atoms with Gasteiger partial charge in [-0.1, -0.05) is 35.9 Å². The third kappa shape index (κ3) is 2.63. The monoisotopic (exact) mass is 287 g/mol. The average Bonchev–Trinajstić information content (AvgIpc) is 2.62. The summed E-state index contributed by atoms with van der Waals surface area (Å²) in [5.74, 6) is 0.671. The maximum absolute atomic E-state index is 12.5. The predicted octanol–water partition coefficient (Wildman–Crippen LogP) is 3.37. The van der Waals surface area contributed by atoms with Crippen LogP contribution >= 0.6 is 11.6 Å². The summed E-state index contributed by atoms with van der Waals surface area (Å²) >= 11 is 5.88. The third-order valence-corrected chi connectivity index (χ3v) is 3.56. The lowest BCUT2D eigenvalue weighted by Gasteiger charge is -2.20. The number of rotatable bonds is 2. The number of carbonyl (C=O) groups is 1. The van der Waals surface area contributed by atoms with Crippen molar-refractivity contribution >= 4 is 17.5 Å². The smallest absolute Gasteiger partial charge is 0.258 e. The Labute approximate surface area is 122 Å². The lowest BCUT2D eigenvalue weighted by Crippen LogP contribution is -2.31. The fourth-order valence-electron chi connectivity index (χ4n) is 2.27. The van der Waals surface area contributed by atoms with Gasteiger partial charge in [-0.15, -0.1) is 0 Å². The number of benzene rings is 2. The summed E-state index contributed by atoms with van der Waals surface area (Å²) in [6.07, 6.45) is 0. The van der Waals surface area contributed by atoms with Crippen LogP contribution in [0.1, 0.15) is 15.9 Å². The molecule has 0 N–H and O–H groups in total. The molecule has 2 aromatic rings. The van der Waals surface area contributed by atoms with Crippen LogP contribution in [0.4, 0.5) is 0 Å². The topological polar surface area (TPSA) is 29.5 Å². The van der Waals surface area contributed by atoms with E-state index in [0.717, 1.165) is 5.56 Å². The Morgan fingerprint density at radius 1 is 1.10 bits per heavy atom. The zero-order chi connectivity index (χ0) is 13.9. The molecule has 0 bridgehead atoms. The number of amides is 1. The molecule has 0 spiro atoms. The molecule has 2 aromatic carbocycles. The van der Waals surface area contributed by atoms with Crippen molar-refractivity contribution in [3.63, 3.8) is 0 Å². The molecule has 1 aliphatic rings. The van der Waals surface area contributed by atoms with E-state index in [9.17, 15) is 4.79 Å². The molecule has 0 unspecified atom stereocenters. The third-order valence-electron chi connectivity index (χ3n) is 3.31. The van der Waals surface area contributed by atoms with Crippen LogP contribution in [0.15, 0.2) is 48.5 Å². The summed E-state index contributed by atoms with van der Waals surface area (Å²) in [5, 5.41) is 0.699. The van der Waals surface area contributed by atoms with Crippen molar-refractivity contribution in [3.8, 4) is 5.75 Å². The number of nitrogens with zero attached hydrogens (tertiary/aromatic N) is 1. The van der Waals surface area contributed by atoms with Crippen molar-refractivity contribution in [2.45, 2.75) is 6.54 Å². The molecule has 102 valence electrons. The largest absolute Gasteiger partial charge is 0.491 e. The molecule has 1 amide bonds. The molecular weight excluding hydrogens is 274 g/mol. The van der Waals surface area contributed by atoms with Gasteiger partial charge in [0.15, 0.2) is 0 Å². The van der Waals surface area contributed by atoms with E-state index < -0.39 is 0 Å². The maximum Gasteiger partial charge on any atom is 0.258 e. The van der Waals surface area contributed by atoms with Crippen molar-refractivity contribution < 1.29 is 9.53 Å². The van der Waals surface area contributed by atoms with Gasteiger partial charge < -0.3 is 9.64 Å². The van der Waals surface area contributed by atoms with Gasteiger partial charge in [0.2, 0.25) is 0 Å². The number of hydrogen-bond donors (Lipinski definition) is 0. The average molecular weight is 288 g/mol. The van der Waals surface area contributed by atoms with Crippen molar-refractivity contribution in [1.82, 2.24) is 4.90 Å². The van der Waals surface area contributed by atoms with Crippen molar-refractivity contribution in [3.05, 3.63) is 64.7 Å². The molecule has 1 aliphatic heterocycles. The first-order valence-corrected chi connectivity index (χ1v) is 6.87. The van der Waals surface area contributed by atoms with E-state index in [0.29, 0.717) is 36.0 Å². The lowest BCUT2D eigenvalue weighted by molar-refractivity contribution is 0.0743. The van der Waals surface area contributed by atoms with Gasteiger partial charge in [-0.3, -0.25) is 4.79 Å². The zero-order valence-corrected chi connectivity index (χ0v) is 11.6. The van der Waals surface area contributed by atoms with Gasteiger partial charge >= 0.3 is 0 Å². The summed E-state index contributed by atoms with van der Waals surface area (Å²) in [5.41, 5.74) is 1.68. The summed E-state index contributed by atoms with van der Waals surface area (Å²) in [7, 11) is 0. The number of carbonyl (C=O) groups excluding carboxylic acids is 1. The summed E-state index contributed by atoms with van der Waals surface area (Å²) in [6.45, 7) is 1.65. The van der Waals surface area contributed by atoms with Crippen molar-refractivity contribution in [2.75, 3.05) is 13.2 Å². The Bertz CT molecular complexity index is 625. The number of fused-ring (bicyclic) bond motifs is 1. The molecule has 0 aromatic heterocycles. The molecule has 3 nitrogen and oxygen atoms in total. The predicted molar refractivity (Wildman–Crippen MR) is 78.1 cm³/mol. The van der Waals surface area contributed by atoms with Crippen LogP contribution in [0.3, 0.4) is 0 Å². The molecule has 1 heterocycles. The standard InChI is InChI=1S/C16H14ClNO2/c17-13-7-5-12(6-8-13)11-18-9-10-20-15-4-2-1-3-14(15)16(18)19/h1-8H,9-11H2. The minimum Gasteiger partial charge on any atom is -0.491 e. The van der Waals surface area contributed by atoms with E-state index in [1.165, 1.54) is 0 Å². The highest BCUT2D eigenvalue weighted by molar-refractivity contribution is 6.30. The molecular formula is C16H14ClNO2. The van der Waals surface area contributed by atoms with Crippen LogP contribution in [-0.2, 0) is 6.54 Å². The van der Waals surface area contributed by atoms with E-state index in [4.69, 9.17) is 16.3 Å². The van der Waals surface area contributed by atoms with Crippen molar-refractivity contribution in [2.24, 2.45) is 0 Å². The molecule has 0 radical (unpaired) electrons. The first-order valence-electron chi connectivity index (χ1n) is 6.49. The van der Waals surface area contributed by atoms with Gasteiger partial charge in [-0.2, -0.15) is 0 Å². The van der Waals surface area contributed by atoms with Crippen LogP contribution in [0.5, 0.6) is 5.75 Å². The van der Waals surface area contributed by atoms with Gasteiger partial charge in [0, 0.05) is 11.6 Å². The van der Waals surface area contributed by atoms with E-state index in [1.807, 2.05) is 42.5 Å². The SMILES string of the molecule is O=C1c2ccccc2OCCN1Cc1ccc(Cl)cc1. The van der Waals surface area contributed by atoms with E-state index >= 15 is 0 Å². The first-order chi connectivity index (χ1) is 9.74. The summed E-state index contributed by atoms with van der Waals surface area (Å²) in [6, 6.07) is 14.9. The van der Waals surface area contributed by atoms with Gasteiger partial charge in [-0.05, 0) is 29.8 Å². The molecule has 0 saturated carbocycles. The van der Waals surface area contributed by atoms with E-state index in [1.54, 1.807) is 11.0 Å². The molecule has 0 fully saturated rings. The molecule has 0 saturated heterocycles. The summed E-state index contributed by atoms with van der Waals surface area (Å²) in [4.78, 5) is 14.3. The Morgan fingerprint density at radius 3 is 2.65 bits per heavy atom. The highest BCUT2D eigenvalue weighted by Crippen LogP contribution is 2.23. The lowest BCUT2D eigenvalue weighted by atomic mass is 10.1. The highest BCUT2D eigenvalue weighted by Gasteiger charge is 2.22. The van der Waals surface area contributed by atoms with Gasteiger partial charge in [-0.25, -0.2) is 0 Å². The normalized spacial score (nSPS) is 14.4. The van der Waals surface area contributed by atoms with Crippen molar-refractivity contribution in [1.29, 1.82) is 0 Å². The second-order valence-corrected chi connectivity index (χ2v) is 5.13. The van der Waals surface area contributed by atoms with Gasteiger partial charge in [0.1, 0.15) is 12.4 Å². The second kappa shape index (κ2) is 5.55. The number of para-hydroxylation sites is 1. The zero-order valence-electron chi connectivity index (χ0n) is 10.9. The van der Waals surface area contributed by atoms with Gasteiger partial charge in [0.05, 0.1) is 12.1 Å². The minimum atomic E-state index is 0.00745. The first kappa shape index (κ1) is 13.0. The van der Waals surface area contributed by atoms with Crippen LogP contribution in [0, 0.1) is 0 Å². The quantitative estimate of drug-likeness (QED) is 0.847. The fraction of sp³-hybridized carbons (Fsp3) is 0.188. The molecule has 20 heavy (non-hydrogen) atoms. The van der Waals surface area contributed by atoms with E-state index in [-0.39, 0.29) is 5.91 Å². The summed E-state index contributed by atoms with van der Waals surface area (Å²) < 4.78 is 5.62. The Morgan fingerprint density at radius 2 is 1.85 bits per heavy atom. The number of hydrogen-bond acceptors (Lipinski definition) is 2. The van der Waals surface area contributed by atoms with Crippen LogP contribution < -0.4 is 4.74 Å². The molecule has 0 atom stereocenters. The molecule has 0 aliphatic carbocycles. The fourth-order valence-corrected chi connectivity index (χ4v) is 2.39. The highest BCUT2D eigenvalue weighted by atomic mass is 35.5. The minimum absolute atomic E-state index is 0.00745. The second-order valence-electron chi connectivity index (χ2n) is 4.70. The van der Waals surface area contributed by atoms with E-state index in [2.05, 4.69) is 0 Å². The Balaban J connectivity index is 1.84. The van der Waals surface area contributed by atoms with Gasteiger partial charge in [0.25, 0.3) is 5.91 Å². The Hall–Kier alpha value is -2.00. The Kier molecular flexibility index (Phi) is 3.61. The van der Waals surface area contributed by atoms with Crippen LogP contribution in [-0.4, -0.2) is 24.0 Å². The molecule has 3 rings (SSSR count). The maximum atomic E-state index is 12.5. The number of ether oxygens (including phenoxy) is 1. The van der Waals surface area contributed by atoms with Crippen LogP contribution in [0.25, 0.3) is 0 Å². The van der Waals surface area contributed by atoms with Crippen LogP contribution in [0.2, 0.25) is 5.02 Å². The molecule has 4 heteroatoms. The number of halogens is 1.